The topological polar surface area (TPSA) is 126 Å². The number of hydrogen-bond acceptors (Lipinski definition) is 7. The third-order valence-corrected chi connectivity index (χ3v) is 7.38. The van der Waals surface area contributed by atoms with Gasteiger partial charge in [0.05, 0.1) is 11.8 Å². The van der Waals surface area contributed by atoms with E-state index in [4.69, 9.17) is 4.42 Å². The van der Waals surface area contributed by atoms with Gasteiger partial charge < -0.3 is 19.7 Å². The molecule has 2 fully saturated rings. The van der Waals surface area contributed by atoms with Crippen molar-refractivity contribution in [2.45, 2.75) is 90.3 Å². The molecule has 5 rings (SSSR count). The zero-order valence-corrected chi connectivity index (χ0v) is 22.8. The molecule has 2 unspecified atom stereocenters. The molecule has 3 aromatic rings. The Morgan fingerprint density at radius 3 is 2.68 bits per heavy atom. The van der Waals surface area contributed by atoms with Crippen molar-refractivity contribution in [2.24, 2.45) is 5.41 Å². The van der Waals surface area contributed by atoms with Crippen molar-refractivity contribution in [1.29, 1.82) is 0 Å². The van der Waals surface area contributed by atoms with Gasteiger partial charge in [-0.1, -0.05) is 45.9 Å². The van der Waals surface area contributed by atoms with Crippen LogP contribution in [0.1, 0.15) is 88.9 Å². The number of oxazole rings is 1. The van der Waals surface area contributed by atoms with Crippen LogP contribution < -0.4 is 5.32 Å². The first-order chi connectivity index (χ1) is 18.0. The average Bonchev–Trinajstić information content (AvgIpc) is 3.24. The molecule has 0 bridgehead atoms. The molecule has 1 aliphatic carbocycles. The predicted octanol–water partition coefficient (Wildman–Crippen LogP) is 3.33. The third kappa shape index (κ3) is 5.45. The van der Waals surface area contributed by atoms with Crippen LogP contribution in [-0.4, -0.2) is 67.0 Å². The Morgan fingerprint density at radius 1 is 1.24 bits per heavy atom. The molecule has 1 saturated heterocycles. The van der Waals surface area contributed by atoms with Gasteiger partial charge in [-0.25, -0.2) is 9.67 Å². The Bertz CT molecular complexity index is 1320. The summed E-state index contributed by atoms with van der Waals surface area (Å²) in [5, 5.41) is 22.0. The van der Waals surface area contributed by atoms with E-state index in [1.54, 1.807) is 4.68 Å². The molecule has 204 valence electrons. The van der Waals surface area contributed by atoms with Crippen LogP contribution in [-0.2, 0) is 16.0 Å². The van der Waals surface area contributed by atoms with Crippen LogP contribution in [0.15, 0.2) is 28.8 Å². The van der Waals surface area contributed by atoms with E-state index >= 15 is 0 Å². The molecular weight excluding hydrogens is 484 g/mol. The van der Waals surface area contributed by atoms with Gasteiger partial charge in [-0.15, -0.1) is 5.10 Å². The Kier molecular flexibility index (Phi) is 7.02. The molecule has 10 heteroatoms. The molecule has 1 aromatic carbocycles. The SMILES string of the molecule is CC(C)c1nc2cc(CCNC(=O)C3CC(O)CN3C(=O)[C@@H](n3cc(C4CC4)nn3)C(C)(C)C)ccc2o1. The first-order valence-corrected chi connectivity index (χ1v) is 13.6. The van der Waals surface area contributed by atoms with E-state index < -0.39 is 23.6 Å². The smallest absolute Gasteiger partial charge is 0.248 e. The number of likely N-dealkylation sites (tertiary alicyclic amines) is 1. The summed E-state index contributed by atoms with van der Waals surface area (Å²) >= 11 is 0. The molecule has 2 aliphatic rings. The van der Waals surface area contributed by atoms with Gasteiger partial charge in [0.25, 0.3) is 0 Å². The van der Waals surface area contributed by atoms with Crippen molar-refractivity contribution in [1.82, 2.24) is 30.2 Å². The van der Waals surface area contributed by atoms with Crippen molar-refractivity contribution in [3.63, 3.8) is 0 Å². The molecule has 1 saturated carbocycles. The number of amides is 2. The molecule has 2 amide bonds. The van der Waals surface area contributed by atoms with Crippen molar-refractivity contribution >= 4 is 22.9 Å². The van der Waals surface area contributed by atoms with E-state index in [2.05, 4.69) is 20.6 Å². The number of carbonyl (C=O) groups excluding carboxylic acids is 2. The maximum absolute atomic E-state index is 13.8. The summed E-state index contributed by atoms with van der Waals surface area (Å²) in [6, 6.07) is 4.49. The van der Waals surface area contributed by atoms with Crippen molar-refractivity contribution < 1.29 is 19.1 Å². The van der Waals surface area contributed by atoms with Crippen molar-refractivity contribution in [3.05, 3.63) is 41.5 Å². The van der Waals surface area contributed by atoms with Crippen LogP contribution in [0.5, 0.6) is 0 Å². The van der Waals surface area contributed by atoms with E-state index in [1.807, 2.05) is 59.0 Å². The van der Waals surface area contributed by atoms with Gasteiger partial charge in [-0.2, -0.15) is 0 Å². The maximum Gasteiger partial charge on any atom is 0.248 e. The highest BCUT2D eigenvalue weighted by molar-refractivity contribution is 5.90. The number of aliphatic hydroxyl groups is 1. The summed E-state index contributed by atoms with van der Waals surface area (Å²) in [5.41, 5.74) is 3.04. The second kappa shape index (κ2) is 10.1. The lowest BCUT2D eigenvalue weighted by Gasteiger charge is -2.34. The summed E-state index contributed by atoms with van der Waals surface area (Å²) in [5.74, 6) is 0.857. The van der Waals surface area contributed by atoms with Gasteiger partial charge in [0.15, 0.2) is 11.5 Å². The number of nitrogens with one attached hydrogen (secondary N) is 1. The number of aliphatic hydroxyl groups excluding tert-OH is 1. The highest BCUT2D eigenvalue weighted by Crippen LogP contribution is 2.40. The van der Waals surface area contributed by atoms with Crippen LogP contribution in [0, 0.1) is 5.41 Å². The lowest BCUT2D eigenvalue weighted by Crippen LogP contribution is -2.50. The molecular formula is C28H38N6O4. The number of aromatic nitrogens is 4. The average molecular weight is 523 g/mol. The van der Waals surface area contributed by atoms with Crippen LogP contribution in [0.4, 0.5) is 0 Å². The van der Waals surface area contributed by atoms with Crippen LogP contribution in [0.3, 0.4) is 0 Å². The van der Waals surface area contributed by atoms with Crippen molar-refractivity contribution in [3.8, 4) is 0 Å². The minimum atomic E-state index is -0.752. The number of hydrogen-bond donors (Lipinski definition) is 2. The van der Waals surface area contributed by atoms with Crippen LogP contribution >= 0.6 is 0 Å². The fraction of sp³-hybridized carbons (Fsp3) is 0.607. The Balaban J connectivity index is 1.25. The monoisotopic (exact) mass is 522 g/mol. The summed E-state index contributed by atoms with van der Waals surface area (Å²) < 4.78 is 7.42. The van der Waals surface area contributed by atoms with Gasteiger partial charge in [0, 0.05) is 37.5 Å². The number of carbonyl (C=O) groups is 2. The maximum atomic E-state index is 13.8. The van der Waals surface area contributed by atoms with Crippen LogP contribution in [0.2, 0.25) is 0 Å². The molecule has 2 N–H and O–H groups in total. The zero-order chi connectivity index (χ0) is 27.2. The minimum absolute atomic E-state index is 0.120. The first-order valence-electron chi connectivity index (χ1n) is 13.6. The van der Waals surface area contributed by atoms with E-state index in [0.717, 1.165) is 35.2 Å². The minimum Gasteiger partial charge on any atom is -0.440 e. The summed E-state index contributed by atoms with van der Waals surface area (Å²) in [6.07, 6.45) is 4.13. The van der Waals surface area contributed by atoms with E-state index in [-0.39, 0.29) is 30.7 Å². The molecule has 3 heterocycles. The molecule has 38 heavy (non-hydrogen) atoms. The number of fused-ring (bicyclic) bond motifs is 1. The van der Waals surface area contributed by atoms with Gasteiger partial charge in [0.1, 0.15) is 17.6 Å². The highest BCUT2D eigenvalue weighted by Gasteiger charge is 2.45. The predicted molar refractivity (Wildman–Crippen MR) is 141 cm³/mol. The van der Waals surface area contributed by atoms with Gasteiger partial charge >= 0.3 is 0 Å². The van der Waals surface area contributed by atoms with Crippen molar-refractivity contribution in [2.75, 3.05) is 13.1 Å². The highest BCUT2D eigenvalue weighted by atomic mass is 16.3. The molecule has 0 spiro atoms. The largest absolute Gasteiger partial charge is 0.440 e. The molecule has 1 aliphatic heterocycles. The Hall–Kier alpha value is -3.27. The lowest BCUT2D eigenvalue weighted by molar-refractivity contribution is -0.144. The van der Waals surface area contributed by atoms with E-state index in [9.17, 15) is 14.7 Å². The number of nitrogens with zero attached hydrogens (tertiary/aromatic N) is 5. The van der Waals surface area contributed by atoms with Gasteiger partial charge in [-0.05, 0) is 42.4 Å². The number of rotatable bonds is 8. The fourth-order valence-corrected chi connectivity index (χ4v) is 5.17. The normalized spacial score (nSPS) is 20.9. The standard InChI is InChI=1S/C28H38N6O4/c1-16(2)26-30-20-12-17(6-9-23(20)38-26)10-11-29-25(36)22-13-19(35)14-33(22)27(37)24(28(3,4)5)34-15-21(31-32-34)18-7-8-18/h6,9,12,15-16,18-19,22,24,35H,7-8,10-11,13-14H2,1-5H3,(H,29,36)/t19?,22?,24-/m1/s1. The molecule has 3 atom stereocenters. The van der Waals surface area contributed by atoms with E-state index in [1.165, 1.54) is 4.90 Å². The summed E-state index contributed by atoms with van der Waals surface area (Å²) in [4.78, 5) is 33.1. The molecule has 2 aromatic heterocycles. The molecule has 10 nitrogen and oxygen atoms in total. The van der Waals surface area contributed by atoms with Crippen LogP contribution in [0.25, 0.3) is 11.1 Å². The second-order valence-corrected chi connectivity index (χ2v) is 12.1. The first kappa shape index (κ1) is 26.3. The fourth-order valence-electron chi connectivity index (χ4n) is 5.17. The van der Waals surface area contributed by atoms with E-state index in [0.29, 0.717) is 24.8 Å². The number of β-amino-alcohol motifs (C(OH)–C–C–N with tert-alkyl or cyclic N) is 1. The Labute approximate surface area is 222 Å². The number of benzene rings is 1. The third-order valence-electron chi connectivity index (χ3n) is 7.38. The zero-order valence-electron chi connectivity index (χ0n) is 22.8. The quantitative estimate of drug-likeness (QED) is 0.465. The summed E-state index contributed by atoms with van der Waals surface area (Å²) in [6.45, 7) is 10.5. The lowest BCUT2D eigenvalue weighted by atomic mass is 9.85. The Morgan fingerprint density at radius 2 is 2.00 bits per heavy atom. The summed E-state index contributed by atoms with van der Waals surface area (Å²) in [7, 11) is 0. The van der Waals surface area contributed by atoms with Gasteiger partial charge in [-0.3, -0.25) is 9.59 Å². The van der Waals surface area contributed by atoms with Gasteiger partial charge in [0.2, 0.25) is 11.8 Å². The second-order valence-electron chi connectivity index (χ2n) is 12.1. The molecule has 0 radical (unpaired) electrons.